The minimum absolute atomic E-state index is 0.231. The number of H-pyrrole nitrogens is 2. The quantitative estimate of drug-likeness (QED) is 0.117. The van der Waals surface area contributed by atoms with E-state index in [1.54, 1.807) is 48.6 Å². The van der Waals surface area contributed by atoms with Crippen LogP contribution in [0, 0.1) is 0 Å². The number of hydrogen-bond acceptors (Lipinski definition) is 14. The van der Waals surface area contributed by atoms with E-state index in [4.69, 9.17) is 61.8 Å². The van der Waals surface area contributed by atoms with Crippen LogP contribution in [-0.4, -0.2) is 82.3 Å². The molecule has 4 aliphatic heterocycles. The Hall–Kier alpha value is -6.66. The molecule has 4 N–H and O–H groups in total. The van der Waals surface area contributed by atoms with Gasteiger partial charge in [-0.15, -0.1) is 0 Å². The van der Waals surface area contributed by atoms with Gasteiger partial charge in [0.25, 0.3) is 11.4 Å². The van der Waals surface area contributed by atoms with Crippen molar-refractivity contribution in [3.63, 3.8) is 0 Å². The number of rotatable bonds is 10. The summed E-state index contributed by atoms with van der Waals surface area (Å²) in [5.41, 5.74) is 7.85. The van der Waals surface area contributed by atoms with Gasteiger partial charge in [0.05, 0.1) is 43.9 Å². The molecule has 4 aliphatic rings. The highest BCUT2D eigenvalue weighted by molar-refractivity contribution is 6.39. The molecule has 302 valence electrons. The topological polar surface area (TPSA) is 205 Å². The molecule has 0 saturated carbocycles. The maximum absolute atomic E-state index is 12.8. The Morgan fingerprint density at radius 2 is 0.967 bits per heavy atom. The van der Waals surface area contributed by atoms with E-state index in [1.807, 2.05) is 48.6 Å². The number of Topliss-reactive ketones (excluding diaryl/α,β-unsaturated/α-hetero) is 2. The van der Waals surface area contributed by atoms with E-state index in [2.05, 4.69) is 20.9 Å². The smallest absolute Gasteiger partial charge is 0.399 e. The molecule has 0 aliphatic carbocycles. The maximum atomic E-state index is 12.8. The van der Waals surface area contributed by atoms with Crippen molar-refractivity contribution in [2.45, 2.75) is 11.4 Å². The number of nitrogens with zero attached hydrogens (tertiary/aromatic N) is 2. The van der Waals surface area contributed by atoms with Crippen LogP contribution >= 0.6 is 23.2 Å². The predicted molar refractivity (Wildman–Crippen MR) is 219 cm³/mol. The van der Waals surface area contributed by atoms with Crippen LogP contribution in [0.15, 0.2) is 72.8 Å². The van der Waals surface area contributed by atoms with Gasteiger partial charge in [-0.3, -0.25) is 9.59 Å². The van der Waals surface area contributed by atoms with Gasteiger partial charge in [0.1, 0.15) is 24.7 Å². The van der Waals surface area contributed by atoms with E-state index in [0.717, 1.165) is 0 Å². The lowest BCUT2D eigenvalue weighted by atomic mass is 10.0. The third-order valence-electron chi connectivity index (χ3n) is 9.87. The van der Waals surface area contributed by atoms with Crippen molar-refractivity contribution >= 4 is 93.1 Å². The third-order valence-corrected chi connectivity index (χ3v) is 10.7. The summed E-state index contributed by atoms with van der Waals surface area (Å²) in [6, 6.07) is 21.1. The molecule has 0 radical (unpaired) electrons. The van der Waals surface area contributed by atoms with Gasteiger partial charge < -0.3 is 38.6 Å². The molecule has 2 unspecified atom stereocenters. The van der Waals surface area contributed by atoms with E-state index in [1.165, 1.54) is 14.2 Å². The normalized spacial score (nSPS) is 19.5. The lowest BCUT2D eigenvalue weighted by molar-refractivity contribution is -0.150. The lowest BCUT2D eigenvalue weighted by Crippen LogP contribution is -2.54. The molecule has 2 saturated heterocycles. The second-order valence-corrected chi connectivity index (χ2v) is 14.6. The summed E-state index contributed by atoms with van der Waals surface area (Å²) in [5, 5.41) is 0.641. The fraction of sp³-hybridized carbons (Fsp3) is 0.143. The van der Waals surface area contributed by atoms with Crippen LogP contribution < -0.4 is 20.4 Å². The molecule has 3 aromatic heterocycles. The molecule has 18 heteroatoms. The number of hydrogen-bond donors (Lipinski definition) is 4. The van der Waals surface area contributed by atoms with Gasteiger partial charge in [-0.05, 0) is 84.0 Å². The van der Waals surface area contributed by atoms with Crippen LogP contribution in [0.5, 0.6) is 11.5 Å². The van der Waals surface area contributed by atoms with Crippen LogP contribution in [0.1, 0.15) is 22.8 Å². The zero-order valence-electron chi connectivity index (χ0n) is 31.4. The van der Waals surface area contributed by atoms with Crippen LogP contribution in [0.3, 0.4) is 0 Å². The van der Waals surface area contributed by atoms with Gasteiger partial charge in [-0.1, -0.05) is 58.4 Å². The number of methoxy groups -OCH3 is 2. The number of benzene rings is 2. The maximum Gasteiger partial charge on any atom is 0.399 e. The first-order valence-corrected chi connectivity index (χ1v) is 18.9. The van der Waals surface area contributed by atoms with E-state index >= 15 is 0 Å². The van der Waals surface area contributed by atoms with Crippen LogP contribution in [-0.2, 0) is 38.3 Å². The molecule has 0 amide bonds. The molecule has 2 aromatic carbocycles. The standard InChI is InChI=1S/C42H30Cl2N6O10/c1-55-19-41(37(51)39(53)59-49-41)57-23-7-3-5-21(17-23)33-25-9-13-29(45-25)35(43)31-15-11-27(47-31)34(28-12-16-32(48-28)36(44)30-14-10-26(33)46-30)22-6-4-8-24(18-22)58-42(20-56-2)38(52)40(54)60-50-42/h3-18,45,48-50H,19-20H2,1-2H3. The third kappa shape index (κ3) is 6.70. The first-order valence-electron chi connectivity index (χ1n) is 18.1. The molecule has 7 heterocycles. The van der Waals surface area contributed by atoms with Crippen molar-refractivity contribution in [2.75, 3.05) is 27.4 Å². The number of halogens is 2. The first-order chi connectivity index (χ1) is 29.0. The monoisotopic (exact) mass is 848 g/mol. The Morgan fingerprint density at radius 3 is 1.35 bits per heavy atom. The van der Waals surface area contributed by atoms with E-state index in [9.17, 15) is 19.2 Å². The van der Waals surface area contributed by atoms with Crippen molar-refractivity contribution < 1.29 is 47.8 Å². The van der Waals surface area contributed by atoms with Crippen LogP contribution in [0.25, 0.3) is 68.6 Å². The Kier molecular flexibility index (Phi) is 9.82. The van der Waals surface area contributed by atoms with Gasteiger partial charge in [-0.25, -0.2) is 19.6 Å². The largest absolute Gasteiger partial charge is 0.459 e. The number of fused-ring (bicyclic) bond motifs is 8. The van der Waals surface area contributed by atoms with Crippen molar-refractivity contribution in [3.05, 3.63) is 106 Å². The fourth-order valence-electron chi connectivity index (χ4n) is 7.14. The lowest BCUT2D eigenvalue weighted by Gasteiger charge is -2.25. The highest BCUT2D eigenvalue weighted by Gasteiger charge is 2.54. The molecule has 9 rings (SSSR count). The number of aromatic nitrogens is 4. The molecule has 60 heavy (non-hydrogen) atoms. The van der Waals surface area contributed by atoms with E-state index in [-0.39, 0.29) is 24.7 Å². The Labute approximate surface area is 348 Å². The number of hydroxylamine groups is 2. The number of nitrogens with one attached hydrogen (secondary N) is 4. The van der Waals surface area contributed by atoms with Crippen molar-refractivity contribution in [1.82, 2.24) is 30.9 Å². The molecular formula is C42H30Cl2N6O10. The number of ketones is 2. The summed E-state index contributed by atoms with van der Waals surface area (Å²) in [6.45, 7) is -0.609. The summed E-state index contributed by atoms with van der Waals surface area (Å²) in [7, 11) is 2.73. The molecule has 0 spiro atoms. The molecule has 8 bridgehead atoms. The Morgan fingerprint density at radius 1 is 0.567 bits per heavy atom. The van der Waals surface area contributed by atoms with Gasteiger partial charge in [0, 0.05) is 36.4 Å². The Bertz CT molecular complexity index is 2710. The number of ether oxygens (including phenoxy) is 4. The number of carbonyl (C=O) groups excluding carboxylic acids is 4. The van der Waals surface area contributed by atoms with E-state index < -0.39 is 35.0 Å². The van der Waals surface area contributed by atoms with Gasteiger partial charge in [0.2, 0.25) is 0 Å². The average Bonchev–Trinajstić information content (AvgIpc) is 4.12. The van der Waals surface area contributed by atoms with Crippen molar-refractivity contribution in [2.24, 2.45) is 0 Å². The number of aromatic amines is 2. The SMILES string of the molecule is COCC1(Oc2cccc(-c3c4nc(c(Cl)c5ccc([nH]5)c(-c5cccc(OC6(COC)NOC(=O)C6=O)c5)c5nc(c(Cl)c6ccc3[nH]6)C=C5)C=C4)c2)NOC(=O)C1=O. The predicted octanol–water partition coefficient (Wildman–Crippen LogP) is 6.00. The zero-order chi connectivity index (χ0) is 41.8. The molecule has 2 atom stereocenters. The van der Waals surface area contributed by atoms with Gasteiger partial charge in [0.15, 0.2) is 0 Å². The zero-order valence-corrected chi connectivity index (χ0v) is 32.9. The molecule has 16 nitrogen and oxygen atoms in total. The fourth-order valence-corrected chi connectivity index (χ4v) is 7.57. The minimum Gasteiger partial charge on any atom is -0.459 e. The summed E-state index contributed by atoms with van der Waals surface area (Å²) in [5.74, 6) is -3.62. The number of carbonyl (C=O) groups is 4. The van der Waals surface area contributed by atoms with Crippen molar-refractivity contribution in [1.29, 1.82) is 0 Å². The van der Waals surface area contributed by atoms with Crippen LogP contribution in [0.4, 0.5) is 0 Å². The highest BCUT2D eigenvalue weighted by Crippen LogP contribution is 2.38. The summed E-state index contributed by atoms with van der Waals surface area (Å²) in [6.07, 6.45) is 7.22. The second kappa shape index (κ2) is 15.2. The van der Waals surface area contributed by atoms with Crippen molar-refractivity contribution in [3.8, 4) is 33.8 Å². The summed E-state index contributed by atoms with van der Waals surface area (Å²) < 4.78 is 22.5. The highest BCUT2D eigenvalue weighted by atomic mass is 35.5. The van der Waals surface area contributed by atoms with Gasteiger partial charge >= 0.3 is 23.5 Å². The molecular weight excluding hydrogens is 819 g/mol. The minimum atomic E-state index is -1.89. The molecule has 5 aromatic rings. The molecule has 2 fully saturated rings. The second-order valence-electron chi connectivity index (χ2n) is 13.8. The first kappa shape index (κ1) is 38.8. The Balaban J connectivity index is 1.21. The van der Waals surface area contributed by atoms with E-state index in [0.29, 0.717) is 77.1 Å². The summed E-state index contributed by atoms with van der Waals surface area (Å²) >= 11 is 14.2. The van der Waals surface area contributed by atoms with Gasteiger partial charge in [-0.2, -0.15) is 0 Å². The average molecular weight is 850 g/mol. The summed E-state index contributed by atoms with van der Waals surface area (Å²) in [4.78, 5) is 76.0. The van der Waals surface area contributed by atoms with Crippen LogP contribution in [0.2, 0.25) is 10.0 Å².